The van der Waals surface area contributed by atoms with Crippen LogP contribution in [0.5, 0.6) is 0 Å². The molecule has 2 fully saturated rings. The molecule has 1 aliphatic heterocycles. The number of Topliss-reactive ketones (excluding diaryl/α,β-unsaturated/α-hetero) is 1. The predicted molar refractivity (Wildman–Crippen MR) is 94.9 cm³/mol. The second-order valence-corrected chi connectivity index (χ2v) is 7.29. The summed E-state index contributed by atoms with van der Waals surface area (Å²) in [4.78, 5) is 15.4. The van der Waals surface area contributed by atoms with Gasteiger partial charge >= 0.3 is 0 Å². The fraction of sp³-hybridized carbons (Fsp3) is 0.429. The standard InChI is InChI=1S/C21H22N2O/c22-12-16-5-6-18-11-19(8-7-17(18)10-16)21(24)20-2-1-9-23(14-20)13-15-3-4-15/h5-8,10-11,15,20H,1-4,9,13-14H2. The number of piperidine rings is 1. The van der Waals surface area contributed by atoms with Gasteiger partial charge in [0.05, 0.1) is 11.6 Å². The van der Waals surface area contributed by atoms with E-state index in [2.05, 4.69) is 11.0 Å². The van der Waals surface area contributed by atoms with E-state index in [1.807, 2.05) is 36.4 Å². The summed E-state index contributed by atoms with van der Waals surface area (Å²) in [5, 5.41) is 11.0. The molecule has 0 aromatic heterocycles. The van der Waals surface area contributed by atoms with Gasteiger partial charge in [-0.1, -0.05) is 18.2 Å². The third-order valence-electron chi connectivity index (χ3n) is 5.34. The number of fused-ring (bicyclic) bond motifs is 1. The second-order valence-electron chi connectivity index (χ2n) is 7.29. The van der Waals surface area contributed by atoms with Crippen molar-refractivity contribution in [1.29, 1.82) is 5.26 Å². The molecule has 2 aromatic carbocycles. The van der Waals surface area contributed by atoms with Crippen molar-refractivity contribution in [2.45, 2.75) is 25.7 Å². The van der Waals surface area contributed by atoms with Gasteiger partial charge in [0.25, 0.3) is 0 Å². The molecule has 122 valence electrons. The number of carbonyl (C=O) groups excluding carboxylic acids is 1. The lowest BCUT2D eigenvalue weighted by atomic mass is 9.89. The number of rotatable bonds is 4. The molecule has 2 aliphatic rings. The van der Waals surface area contributed by atoms with Gasteiger partial charge in [0.15, 0.2) is 5.78 Å². The Labute approximate surface area is 142 Å². The first-order valence-electron chi connectivity index (χ1n) is 8.93. The Kier molecular flexibility index (Phi) is 4.08. The zero-order valence-corrected chi connectivity index (χ0v) is 13.9. The van der Waals surface area contributed by atoms with Crippen LogP contribution >= 0.6 is 0 Å². The lowest BCUT2D eigenvalue weighted by Gasteiger charge is -2.32. The van der Waals surface area contributed by atoms with Crippen LogP contribution in [-0.4, -0.2) is 30.3 Å². The van der Waals surface area contributed by atoms with Crippen LogP contribution in [0.3, 0.4) is 0 Å². The first-order valence-corrected chi connectivity index (χ1v) is 8.93. The first kappa shape index (κ1) is 15.4. The Bertz CT molecular complexity index is 816. The molecule has 1 atom stereocenters. The quantitative estimate of drug-likeness (QED) is 0.800. The third-order valence-corrected chi connectivity index (χ3v) is 5.34. The predicted octanol–water partition coefficient (Wildman–Crippen LogP) is 4.02. The van der Waals surface area contributed by atoms with Crippen molar-refractivity contribution in [3.05, 3.63) is 47.5 Å². The number of hydrogen-bond donors (Lipinski definition) is 0. The molecule has 0 N–H and O–H groups in total. The topological polar surface area (TPSA) is 44.1 Å². The molecule has 0 bridgehead atoms. The number of ketones is 1. The molecule has 3 nitrogen and oxygen atoms in total. The second kappa shape index (κ2) is 6.37. The Morgan fingerprint density at radius 1 is 1.12 bits per heavy atom. The van der Waals surface area contributed by atoms with Crippen LogP contribution in [0.2, 0.25) is 0 Å². The minimum absolute atomic E-state index is 0.133. The zero-order valence-electron chi connectivity index (χ0n) is 13.9. The van der Waals surface area contributed by atoms with E-state index in [1.165, 1.54) is 19.4 Å². The summed E-state index contributed by atoms with van der Waals surface area (Å²) in [7, 11) is 0. The number of likely N-dealkylation sites (tertiary alicyclic amines) is 1. The molecule has 1 aliphatic carbocycles. The molecule has 4 rings (SSSR count). The molecule has 3 heteroatoms. The smallest absolute Gasteiger partial charge is 0.167 e. The van der Waals surface area contributed by atoms with Crippen LogP contribution in [0.4, 0.5) is 0 Å². The maximum Gasteiger partial charge on any atom is 0.167 e. The average molecular weight is 318 g/mol. The highest BCUT2D eigenvalue weighted by Crippen LogP contribution is 2.32. The highest BCUT2D eigenvalue weighted by molar-refractivity contribution is 6.01. The SMILES string of the molecule is N#Cc1ccc2cc(C(=O)C3CCCN(CC4CC4)C3)ccc2c1. The van der Waals surface area contributed by atoms with Crippen LogP contribution in [0.1, 0.15) is 41.6 Å². The highest BCUT2D eigenvalue weighted by atomic mass is 16.1. The van der Waals surface area contributed by atoms with Crippen molar-refractivity contribution in [2.24, 2.45) is 11.8 Å². The summed E-state index contributed by atoms with van der Waals surface area (Å²) in [5.41, 5.74) is 1.47. The van der Waals surface area contributed by atoms with Gasteiger partial charge in [0.1, 0.15) is 0 Å². The Balaban J connectivity index is 1.52. The molecule has 24 heavy (non-hydrogen) atoms. The minimum Gasteiger partial charge on any atom is -0.302 e. The maximum absolute atomic E-state index is 12.9. The van der Waals surface area contributed by atoms with Gasteiger partial charge in [-0.3, -0.25) is 4.79 Å². The number of nitriles is 1. The number of nitrogens with zero attached hydrogens (tertiary/aromatic N) is 2. The van der Waals surface area contributed by atoms with Crippen LogP contribution < -0.4 is 0 Å². The van der Waals surface area contributed by atoms with Gasteiger partial charge in [0.2, 0.25) is 0 Å². The van der Waals surface area contributed by atoms with Gasteiger partial charge in [0, 0.05) is 24.6 Å². The summed E-state index contributed by atoms with van der Waals surface area (Å²) in [5.74, 6) is 1.30. The molecular formula is C21H22N2O. The van der Waals surface area contributed by atoms with E-state index in [4.69, 9.17) is 5.26 Å². The van der Waals surface area contributed by atoms with E-state index in [-0.39, 0.29) is 11.7 Å². The molecule has 2 aromatic rings. The normalized spacial score (nSPS) is 21.5. The van der Waals surface area contributed by atoms with Crippen molar-refractivity contribution in [3.63, 3.8) is 0 Å². The van der Waals surface area contributed by atoms with E-state index < -0.39 is 0 Å². The van der Waals surface area contributed by atoms with E-state index >= 15 is 0 Å². The van der Waals surface area contributed by atoms with Crippen molar-refractivity contribution in [3.8, 4) is 6.07 Å². The monoisotopic (exact) mass is 318 g/mol. The fourth-order valence-corrected chi connectivity index (χ4v) is 3.81. The molecule has 1 saturated carbocycles. The minimum atomic E-state index is 0.133. The Hall–Kier alpha value is -2.18. The lowest BCUT2D eigenvalue weighted by Crippen LogP contribution is -2.39. The number of benzene rings is 2. The van der Waals surface area contributed by atoms with Gasteiger partial charge in [-0.05, 0) is 67.1 Å². The van der Waals surface area contributed by atoms with Crippen LogP contribution in [0.25, 0.3) is 10.8 Å². The molecular weight excluding hydrogens is 296 g/mol. The Morgan fingerprint density at radius 3 is 2.71 bits per heavy atom. The number of carbonyl (C=O) groups is 1. The van der Waals surface area contributed by atoms with E-state index in [0.717, 1.165) is 48.2 Å². The average Bonchev–Trinajstić information content (AvgIpc) is 3.44. The summed E-state index contributed by atoms with van der Waals surface area (Å²) >= 11 is 0. The highest BCUT2D eigenvalue weighted by Gasteiger charge is 2.30. The fourth-order valence-electron chi connectivity index (χ4n) is 3.81. The number of hydrogen-bond acceptors (Lipinski definition) is 3. The summed E-state index contributed by atoms with van der Waals surface area (Å²) in [6, 6.07) is 13.7. The molecule has 0 radical (unpaired) electrons. The van der Waals surface area contributed by atoms with Crippen molar-refractivity contribution in [1.82, 2.24) is 4.90 Å². The van der Waals surface area contributed by atoms with Crippen LogP contribution in [0, 0.1) is 23.2 Å². The van der Waals surface area contributed by atoms with Crippen molar-refractivity contribution >= 4 is 16.6 Å². The van der Waals surface area contributed by atoms with Gasteiger partial charge in [-0.15, -0.1) is 0 Å². The molecule has 1 heterocycles. The van der Waals surface area contributed by atoms with Crippen LogP contribution in [-0.2, 0) is 0 Å². The van der Waals surface area contributed by atoms with E-state index in [9.17, 15) is 4.79 Å². The lowest BCUT2D eigenvalue weighted by molar-refractivity contribution is 0.0815. The Morgan fingerprint density at radius 2 is 1.92 bits per heavy atom. The molecule has 1 unspecified atom stereocenters. The van der Waals surface area contributed by atoms with E-state index in [0.29, 0.717) is 5.56 Å². The summed E-state index contributed by atoms with van der Waals surface area (Å²) in [6.07, 6.45) is 4.86. The van der Waals surface area contributed by atoms with Gasteiger partial charge in [-0.25, -0.2) is 0 Å². The summed E-state index contributed by atoms with van der Waals surface area (Å²) in [6.45, 7) is 3.24. The zero-order chi connectivity index (χ0) is 16.5. The largest absolute Gasteiger partial charge is 0.302 e. The maximum atomic E-state index is 12.9. The molecule has 1 saturated heterocycles. The van der Waals surface area contributed by atoms with Crippen molar-refractivity contribution in [2.75, 3.05) is 19.6 Å². The molecule has 0 amide bonds. The van der Waals surface area contributed by atoms with Crippen LogP contribution in [0.15, 0.2) is 36.4 Å². The van der Waals surface area contributed by atoms with Gasteiger partial charge in [-0.2, -0.15) is 5.26 Å². The van der Waals surface area contributed by atoms with Crippen molar-refractivity contribution < 1.29 is 4.79 Å². The summed E-state index contributed by atoms with van der Waals surface area (Å²) < 4.78 is 0. The first-order chi connectivity index (χ1) is 11.7. The molecule has 0 spiro atoms. The third kappa shape index (κ3) is 3.20. The van der Waals surface area contributed by atoms with E-state index in [1.54, 1.807) is 0 Å². The van der Waals surface area contributed by atoms with Gasteiger partial charge < -0.3 is 4.90 Å².